The monoisotopic (exact) mass is 395 g/mol. The van der Waals surface area contributed by atoms with E-state index in [0.29, 0.717) is 39.4 Å². The summed E-state index contributed by atoms with van der Waals surface area (Å²) in [6.07, 6.45) is 4.72. The Morgan fingerprint density at radius 2 is 2.14 bits per heavy atom. The number of anilines is 1. The van der Waals surface area contributed by atoms with Crippen molar-refractivity contribution in [2.45, 2.75) is 24.9 Å². The second-order valence-electron chi connectivity index (χ2n) is 7.07. The molecule has 1 saturated carbocycles. The molecule has 5 N–H and O–H groups in total. The number of carbonyl (C=O) groups excluding carboxylic acids is 1. The minimum Gasteiger partial charge on any atom is -0.387 e. The molecule has 1 fully saturated rings. The summed E-state index contributed by atoms with van der Waals surface area (Å²) in [6, 6.07) is 4.63. The second kappa shape index (κ2) is 7.59. The molecular weight excluding hydrogens is 373 g/mol. The summed E-state index contributed by atoms with van der Waals surface area (Å²) in [7, 11) is 3.34. The van der Waals surface area contributed by atoms with Crippen LogP contribution in [0.3, 0.4) is 0 Å². The number of H-pyrrole nitrogens is 1. The summed E-state index contributed by atoms with van der Waals surface area (Å²) in [4.78, 5) is 29.0. The summed E-state index contributed by atoms with van der Waals surface area (Å²) >= 11 is 0. The molecule has 2 aromatic heterocycles. The van der Waals surface area contributed by atoms with Gasteiger partial charge in [0, 0.05) is 43.6 Å². The molecule has 4 rings (SSSR count). The Bertz CT molecular complexity index is 1100. The van der Waals surface area contributed by atoms with Gasteiger partial charge < -0.3 is 21.4 Å². The van der Waals surface area contributed by atoms with E-state index < -0.39 is 0 Å². The van der Waals surface area contributed by atoms with Crippen molar-refractivity contribution in [3.8, 4) is 0 Å². The fourth-order valence-corrected chi connectivity index (χ4v) is 3.52. The standard InChI is InChI=1S/C20H22FN7O/c1-23-15-5-10(21)3-4-13(15)17(24-2)16-9-26-19-18(28-16)14(8-25-19)20(29)27-12-6-11(22)7-12/h3-5,8-9,11-12,23H,6-7,22H2,1-2H3,(H,25,26)(H,27,29)/b24-17+. The number of nitrogens with zero attached hydrogens (tertiary/aromatic N) is 3. The maximum absolute atomic E-state index is 13.6. The molecule has 8 nitrogen and oxygen atoms in total. The van der Waals surface area contributed by atoms with Gasteiger partial charge in [0.1, 0.15) is 17.0 Å². The molecule has 0 bridgehead atoms. The van der Waals surface area contributed by atoms with Crippen LogP contribution in [-0.4, -0.2) is 52.7 Å². The molecule has 1 aliphatic carbocycles. The number of nitrogens with two attached hydrogens (primary N) is 1. The zero-order valence-corrected chi connectivity index (χ0v) is 16.2. The number of amides is 1. The van der Waals surface area contributed by atoms with Crippen LogP contribution in [0.15, 0.2) is 35.6 Å². The van der Waals surface area contributed by atoms with Crippen molar-refractivity contribution in [3.63, 3.8) is 0 Å². The van der Waals surface area contributed by atoms with Crippen LogP contribution in [0.1, 0.15) is 34.5 Å². The van der Waals surface area contributed by atoms with Crippen LogP contribution in [0.2, 0.25) is 0 Å². The fraction of sp³-hybridized carbons (Fsp3) is 0.300. The van der Waals surface area contributed by atoms with E-state index in [2.05, 4.69) is 30.6 Å². The van der Waals surface area contributed by atoms with Crippen LogP contribution in [0.4, 0.5) is 10.1 Å². The average molecular weight is 395 g/mol. The second-order valence-corrected chi connectivity index (χ2v) is 7.07. The summed E-state index contributed by atoms with van der Waals surface area (Å²) < 4.78 is 13.6. The zero-order valence-electron chi connectivity index (χ0n) is 16.2. The van der Waals surface area contributed by atoms with Gasteiger partial charge in [0.25, 0.3) is 5.91 Å². The highest BCUT2D eigenvalue weighted by atomic mass is 19.1. The number of halogens is 1. The van der Waals surface area contributed by atoms with Crippen LogP contribution in [0.25, 0.3) is 11.2 Å². The molecule has 0 radical (unpaired) electrons. The van der Waals surface area contributed by atoms with Gasteiger partial charge in [0.05, 0.1) is 17.5 Å². The SMILES string of the molecule is C/N=C(/c1cnc2[nH]cc(C(=O)NC3CC(N)C3)c2n1)c1ccc(F)cc1NC. The minimum absolute atomic E-state index is 0.0868. The minimum atomic E-state index is -0.351. The van der Waals surface area contributed by atoms with E-state index in [-0.39, 0.29) is 23.8 Å². The third-order valence-electron chi connectivity index (χ3n) is 5.11. The topological polar surface area (TPSA) is 121 Å². The van der Waals surface area contributed by atoms with E-state index in [9.17, 15) is 9.18 Å². The van der Waals surface area contributed by atoms with Crippen molar-refractivity contribution in [2.75, 3.05) is 19.4 Å². The maximum atomic E-state index is 13.6. The lowest BCUT2D eigenvalue weighted by Crippen LogP contribution is -2.50. The highest BCUT2D eigenvalue weighted by Crippen LogP contribution is 2.23. The number of aromatic amines is 1. The molecule has 0 unspecified atom stereocenters. The number of fused-ring (bicyclic) bond motifs is 1. The van der Waals surface area contributed by atoms with Gasteiger partial charge in [-0.15, -0.1) is 0 Å². The lowest BCUT2D eigenvalue weighted by molar-refractivity contribution is 0.0912. The lowest BCUT2D eigenvalue weighted by atomic mass is 9.87. The van der Waals surface area contributed by atoms with Crippen LogP contribution in [0.5, 0.6) is 0 Å². The highest BCUT2D eigenvalue weighted by molar-refractivity contribution is 6.15. The largest absolute Gasteiger partial charge is 0.387 e. The van der Waals surface area contributed by atoms with E-state index in [1.807, 2.05) is 0 Å². The Morgan fingerprint density at radius 3 is 2.83 bits per heavy atom. The number of carbonyl (C=O) groups is 1. The van der Waals surface area contributed by atoms with E-state index in [0.717, 1.165) is 12.8 Å². The third kappa shape index (κ3) is 3.56. The molecule has 0 atom stereocenters. The predicted octanol–water partition coefficient (Wildman–Crippen LogP) is 1.83. The van der Waals surface area contributed by atoms with E-state index in [1.165, 1.54) is 12.1 Å². The van der Waals surface area contributed by atoms with Gasteiger partial charge in [0.2, 0.25) is 0 Å². The van der Waals surface area contributed by atoms with Crippen LogP contribution in [-0.2, 0) is 0 Å². The molecule has 1 aromatic carbocycles. The number of nitrogens with one attached hydrogen (secondary N) is 3. The number of benzene rings is 1. The Labute approximate surface area is 166 Å². The van der Waals surface area contributed by atoms with Gasteiger partial charge >= 0.3 is 0 Å². The summed E-state index contributed by atoms with van der Waals surface area (Å²) in [6.45, 7) is 0. The van der Waals surface area contributed by atoms with Crippen LogP contribution >= 0.6 is 0 Å². The first-order chi connectivity index (χ1) is 14.0. The first-order valence-electron chi connectivity index (χ1n) is 9.35. The molecule has 3 aromatic rings. The molecular formula is C20H22FN7O. The van der Waals surface area contributed by atoms with Crippen LogP contribution < -0.4 is 16.4 Å². The molecule has 150 valence electrons. The summed E-state index contributed by atoms with van der Waals surface area (Å²) in [5.74, 6) is -0.567. The molecule has 2 heterocycles. The highest BCUT2D eigenvalue weighted by Gasteiger charge is 2.28. The van der Waals surface area contributed by atoms with Crippen molar-refractivity contribution in [1.82, 2.24) is 20.3 Å². The first kappa shape index (κ1) is 19.0. The smallest absolute Gasteiger partial charge is 0.255 e. The maximum Gasteiger partial charge on any atom is 0.255 e. The van der Waals surface area contributed by atoms with Crippen molar-refractivity contribution in [2.24, 2.45) is 10.7 Å². The molecule has 9 heteroatoms. The van der Waals surface area contributed by atoms with Gasteiger partial charge in [0.15, 0.2) is 5.65 Å². The fourth-order valence-electron chi connectivity index (χ4n) is 3.52. The average Bonchev–Trinajstić information content (AvgIpc) is 3.11. The van der Waals surface area contributed by atoms with Gasteiger partial charge in [-0.25, -0.2) is 14.4 Å². The van der Waals surface area contributed by atoms with Gasteiger partial charge in [-0.3, -0.25) is 9.79 Å². The normalized spacial score (nSPS) is 19.1. The van der Waals surface area contributed by atoms with E-state index >= 15 is 0 Å². The number of rotatable bonds is 5. The Kier molecular flexibility index (Phi) is 4.98. The van der Waals surface area contributed by atoms with Crippen LogP contribution in [0, 0.1) is 5.82 Å². The van der Waals surface area contributed by atoms with Gasteiger partial charge in [-0.2, -0.15) is 0 Å². The molecule has 0 spiro atoms. The van der Waals surface area contributed by atoms with E-state index in [1.54, 1.807) is 32.6 Å². The molecule has 0 saturated heterocycles. The lowest BCUT2D eigenvalue weighted by Gasteiger charge is -2.32. The van der Waals surface area contributed by atoms with Gasteiger partial charge in [-0.05, 0) is 31.0 Å². The number of aromatic nitrogens is 3. The Balaban J connectivity index is 1.70. The zero-order chi connectivity index (χ0) is 20.5. The quantitative estimate of drug-likeness (QED) is 0.491. The predicted molar refractivity (Wildman–Crippen MR) is 110 cm³/mol. The molecule has 1 aliphatic rings. The number of hydrogen-bond donors (Lipinski definition) is 4. The molecule has 29 heavy (non-hydrogen) atoms. The van der Waals surface area contributed by atoms with Crippen molar-refractivity contribution in [1.29, 1.82) is 0 Å². The third-order valence-corrected chi connectivity index (χ3v) is 5.11. The summed E-state index contributed by atoms with van der Waals surface area (Å²) in [5, 5.41) is 5.94. The summed E-state index contributed by atoms with van der Waals surface area (Å²) in [5.41, 5.74) is 9.47. The van der Waals surface area contributed by atoms with E-state index in [4.69, 9.17) is 5.73 Å². The molecule has 0 aliphatic heterocycles. The van der Waals surface area contributed by atoms with Crippen molar-refractivity contribution >= 4 is 28.5 Å². The Morgan fingerprint density at radius 1 is 1.34 bits per heavy atom. The first-order valence-corrected chi connectivity index (χ1v) is 9.35. The molecule has 1 amide bonds. The van der Waals surface area contributed by atoms with Crippen molar-refractivity contribution in [3.05, 3.63) is 53.2 Å². The van der Waals surface area contributed by atoms with Gasteiger partial charge in [-0.1, -0.05) is 0 Å². The number of hydrogen-bond acceptors (Lipinski definition) is 6. The number of aliphatic imine (C=N–C) groups is 1. The van der Waals surface area contributed by atoms with Crippen molar-refractivity contribution < 1.29 is 9.18 Å². The Hall–Kier alpha value is -3.33.